The molecular formula is C9H14N4O5. The lowest BCUT2D eigenvalue weighted by atomic mass is 10.1. The van der Waals surface area contributed by atoms with E-state index in [2.05, 4.69) is 9.97 Å². The first-order valence-corrected chi connectivity index (χ1v) is 5.32. The zero-order valence-electron chi connectivity index (χ0n) is 9.54. The summed E-state index contributed by atoms with van der Waals surface area (Å²) in [6.45, 7) is 1.41. The summed E-state index contributed by atoms with van der Waals surface area (Å²) in [5.74, 6) is -0.198. The van der Waals surface area contributed by atoms with Gasteiger partial charge in [0.1, 0.15) is 24.6 Å². The number of aromatic nitrogens is 3. The van der Waals surface area contributed by atoms with Gasteiger partial charge in [0.15, 0.2) is 6.23 Å². The summed E-state index contributed by atoms with van der Waals surface area (Å²) in [7, 11) is 0. The van der Waals surface area contributed by atoms with E-state index < -0.39 is 36.3 Å². The Morgan fingerprint density at radius 3 is 2.67 bits per heavy atom. The van der Waals surface area contributed by atoms with Crippen LogP contribution in [0.3, 0.4) is 0 Å². The Morgan fingerprint density at radius 2 is 2.17 bits per heavy atom. The molecule has 100 valence electrons. The number of ether oxygens (including phenoxy) is 1. The Balaban J connectivity index is 2.32. The Kier molecular flexibility index (Phi) is 3.30. The molecule has 2 unspecified atom stereocenters. The fourth-order valence-electron chi connectivity index (χ4n) is 1.84. The maximum atomic E-state index is 11.6. The lowest BCUT2D eigenvalue weighted by Crippen LogP contribution is -2.38. The first-order valence-electron chi connectivity index (χ1n) is 5.32. The molecule has 0 amide bonds. The number of hydrogen-bond donors (Lipinski definition) is 4. The Hall–Kier alpha value is -1.55. The number of nitrogens with zero attached hydrogens (tertiary/aromatic N) is 3. The number of nitrogens with two attached hydrogens (primary N) is 1. The second-order valence-corrected chi connectivity index (χ2v) is 4.12. The van der Waals surface area contributed by atoms with Crippen molar-refractivity contribution < 1.29 is 20.1 Å². The van der Waals surface area contributed by atoms with E-state index >= 15 is 0 Å². The smallest absolute Gasteiger partial charge is 0.354 e. The second-order valence-electron chi connectivity index (χ2n) is 4.12. The molecule has 0 radical (unpaired) electrons. The van der Waals surface area contributed by atoms with E-state index in [0.29, 0.717) is 0 Å². The van der Waals surface area contributed by atoms with Crippen LogP contribution in [0.2, 0.25) is 0 Å². The topological polar surface area (TPSA) is 144 Å². The normalized spacial score (nSPS) is 33.6. The van der Waals surface area contributed by atoms with Crippen molar-refractivity contribution in [2.24, 2.45) is 0 Å². The van der Waals surface area contributed by atoms with Crippen molar-refractivity contribution in [2.45, 2.75) is 37.6 Å². The number of nitrogen functional groups attached to an aromatic ring is 1. The number of hydrogen-bond acceptors (Lipinski definition) is 8. The van der Waals surface area contributed by atoms with E-state index in [0.717, 1.165) is 10.9 Å². The number of rotatable bonds is 2. The van der Waals surface area contributed by atoms with E-state index in [1.807, 2.05) is 0 Å². The van der Waals surface area contributed by atoms with Gasteiger partial charge in [0.05, 0.1) is 6.10 Å². The molecule has 1 fully saturated rings. The second kappa shape index (κ2) is 4.61. The fourth-order valence-corrected chi connectivity index (χ4v) is 1.84. The van der Waals surface area contributed by atoms with Gasteiger partial charge in [0.25, 0.3) is 0 Å². The summed E-state index contributed by atoms with van der Waals surface area (Å²) >= 11 is 0. The third kappa shape index (κ3) is 2.08. The number of anilines is 1. The average Bonchev–Trinajstić information content (AvgIpc) is 2.57. The predicted molar refractivity (Wildman–Crippen MR) is 58.3 cm³/mol. The summed E-state index contributed by atoms with van der Waals surface area (Å²) in [6, 6.07) is 0. The first-order chi connectivity index (χ1) is 8.41. The summed E-state index contributed by atoms with van der Waals surface area (Å²) in [6.07, 6.45) is -4.75. The minimum absolute atomic E-state index is 0.198. The van der Waals surface area contributed by atoms with Crippen LogP contribution >= 0.6 is 0 Å². The van der Waals surface area contributed by atoms with Crippen LogP contribution in [0, 0.1) is 0 Å². The standard InChI is InChI=1S/C9H14N4O5/c1-3(14)6-4(15)5(16)7(18-6)13-2-11-8(10)12-9(13)17/h2-7,14-16H,1H3,(H2,10,12,17)/t3-,4?,5?,6-,7-/m1/s1. The van der Waals surface area contributed by atoms with Gasteiger partial charge in [-0.05, 0) is 6.92 Å². The number of aliphatic hydroxyl groups excluding tert-OH is 3. The highest BCUT2D eigenvalue weighted by Crippen LogP contribution is 2.29. The van der Waals surface area contributed by atoms with Crippen LogP contribution < -0.4 is 11.4 Å². The summed E-state index contributed by atoms with van der Waals surface area (Å²) in [5, 5.41) is 28.9. The summed E-state index contributed by atoms with van der Waals surface area (Å²) < 4.78 is 6.16. The molecule has 18 heavy (non-hydrogen) atoms. The van der Waals surface area contributed by atoms with Gasteiger partial charge >= 0.3 is 5.69 Å². The van der Waals surface area contributed by atoms with Crippen LogP contribution in [0.15, 0.2) is 11.1 Å². The van der Waals surface area contributed by atoms with Crippen molar-refractivity contribution in [3.8, 4) is 0 Å². The third-order valence-electron chi connectivity index (χ3n) is 2.77. The molecule has 0 bridgehead atoms. The minimum Gasteiger partial charge on any atom is -0.391 e. The van der Waals surface area contributed by atoms with Crippen molar-refractivity contribution in [1.29, 1.82) is 0 Å². The molecular weight excluding hydrogens is 244 g/mol. The average molecular weight is 258 g/mol. The SMILES string of the molecule is C[C@@H](O)[C@H]1O[C@@H](n2cnc(N)nc2=O)C(O)C1O. The molecule has 2 heterocycles. The first kappa shape index (κ1) is 12.9. The van der Waals surface area contributed by atoms with Gasteiger partial charge in [-0.15, -0.1) is 0 Å². The molecule has 0 saturated carbocycles. The molecule has 0 aromatic carbocycles. The molecule has 1 aliphatic heterocycles. The van der Waals surface area contributed by atoms with Gasteiger partial charge in [-0.25, -0.2) is 9.78 Å². The van der Waals surface area contributed by atoms with Crippen LogP contribution in [-0.2, 0) is 4.74 Å². The van der Waals surface area contributed by atoms with E-state index in [4.69, 9.17) is 10.5 Å². The predicted octanol–water partition coefficient (Wildman–Crippen LogP) is -2.78. The van der Waals surface area contributed by atoms with Crippen molar-refractivity contribution in [1.82, 2.24) is 14.5 Å². The monoisotopic (exact) mass is 258 g/mol. The molecule has 2 rings (SSSR count). The third-order valence-corrected chi connectivity index (χ3v) is 2.77. The Labute approximate surface area is 101 Å². The van der Waals surface area contributed by atoms with E-state index in [-0.39, 0.29) is 5.95 Å². The fraction of sp³-hybridized carbons (Fsp3) is 0.667. The zero-order valence-corrected chi connectivity index (χ0v) is 9.54. The zero-order chi connectivity index (χ0) is 13.4. The molecule has 9 heteroatoms. The van der Waals surface area contributed by atoms with E-state index in [1.165, 1.54) is 6.92 Å². The van der Waals surface area contributed by atoms with Crippen molar-refractivity contribution in [3.63, 3.8) is 0 Å². The van der Waals surface area contributed by atoms with Gasteiger partial charge in [0, 0.05) is 0 Å². The van der Waals surface area contributed by atoms with Crippen LogP contribution in [0.25, 0.3) is 0 Å². The van der Waals surface area contributed by atoms with Gasteiger partial charge in [-0.3, -0.25) is 4.57 Å². The molecule has 1 aromatic rings. The highest BCUT2D eigenvalue weighted by molar-refractivity contribution is 5.10. The molecule has 0 spiro atoms. The van der Waals surface area contributed by atoms with Gasteiger partial charge in [-0.2, -0.15) is 4.98 Å². The van der Waals surface area contributed by atoms with Gasteiger partial charge < -0.3 is 25.8 Å². The lowest BCUT2D eigenvalue weighted by Gasteiger charge is -2.17. The molecule has 1 aromatic heterocycles. The molecule has 1 saturated heterocycles. The van der Waals surface area contributed by atoms with Crippen LogP contribution in [0.5, 0.6) is 0 Å². The molecule has 0 aliphatic carbocycles. The highest BCUT2D eigenvalue weighted by atomic mass is 16.6. The van der Waals surface area contributed by atoms with Crippen molar-refractivity contribution in [3.05, 3.63) is 16.8 Å². The van der Waals surface area contributed by atoms with Gasteiger partial charge in [0.2, 0.25) is 5.95 Å². The summed E-state index contributed by atoms with van der Waals surface area (Å²) in [4.78, 5) is 18.5. The largest absolute Gasteiger partial charge is 0.391 e. The minimum atomic E-state index is -1.37. The molecule has 9 nitrogen and oxygen atoms in total. The molecule has 5 N–H and O–H groups in total. The number of aliphatic hydroxyl groups is 3. The van der Waals surface area contributed by atoms with Crippen LogP contribution in [-0.4, -0.2) is 54.3 Å². The summed E-state index contributed by atoms with van der Waals surface area (Å²) in [5.41, 5.74) is 4.48. The maximum Gasteiger partial charge on any atom is 0.354 e. The van der Waals surface area contributed by atoms with E-state index in [9.17, 15) is 20.1 Å². The molecule has 5 atom stereocenters. The Morgan fingerprint density at radius 1 is 1.50 bits per heavy atom. The van der Waals surface area contributed by atoms with Gasteiger partial charge in [-0.1, -0.05) is 0 Å². The van der Waals surface area contributed by atoms with Crippen LogP contribution in [0.1, 0.15) is 13.2 Å². The Bertz CT molecular complexity index is 490. The lowest BCUT2D eigenvalue weighted by molar-refractivity contribution is -0.0807. The molecule has 1 aliphatic rings. The van der Waals surface area contributed by atoms with E-state index in [1.54, 1.807) is 0 Å². The van der Waals surface area contributed by atoms with Crippen LogP contribution in [0.4, 0.5) is 5.95 Å². The van der Waals surface area contributed by atoms with Crippen molar-refractivity contribution in [2.75, 3.05) is 5.73 Å². The van der Waals surface area contributed by atoms with Crippen molar-refractivity contribution >= 4 is 5.95 Å². The maximum absolute atomic E-state index is 11.6. The highest BCUT2D eigenvalue weighted by Gasteiger charge is 2.46. The quantitative estimate of drug-likeness (QED) is 0.446.